The van der Waals surface area contributed by atoms with Crippen molar-refractivity contribution < 1.29 is 9.53 Å². The van der Waals surface area contributed by atoms with E-state index < -0.39 is 22.5 Å². The molecule has 5 heteroatoms. The van der Waals surface area contributed by atoms with Gasteiger partial charge in [-0.3, -0.25) is 0 Å². The molecule has 0 spiro atoms. The van der Waals surface area contributed by atoms with Gasteiger partial charge < -0.3 is 9.53 Å². The predicted octanol–water partition coefficient (Wildman–Crippen LogP) is 2.48. The second-order valence-corrected chi connectivity index (χ2v) is 33.5. The fourth-order valence-corrected chi connectivity index (χ4v) is 33.8. The van der Waals surface area contributed by atoms with E-state index in [9.17, 15) is 5.11 Å². The van der Waals surface area contributed by atoms with Gasteiger partial charge >= 0.3 is 0 Å². The van der Waals surface area contributed by atoms with Crippen LogP contribution in [-0.2, 0) is 4.43 Å². The van der Waals surface area contributed by atoms with Crippen molar-refractivity contribution in [2.24, 2.45) is 0 Å². The third-order valence-corrected chi connectivity index (χ3v) is 44.3. The Morgan fingerprint density at radius 3 is 2.00 bits per heavy atom. The van der Waals surface area contributed by atoms with Crippen molar-refractivity contribution >= 4 is 22.5 Å². The summed E-state index contributed by atoms with van der Waals surface area (Å²) >= 11 is 0. The third kappa shape index (κ3) is 2.04. The van der Waals surface area contributed by atoms with Gasteiger partial charge in [0.15, 0.2) is 7.83 Å². The molecule has 1 fully saturated rings. The first-order chi connectivity index (χ1) is 6.47. The van der Waals surface area contributed by atoms with E-state index in [-0.39, 0.29) is 5.60 Å². The summed E-state index contributed by atoms with van der Waals surface area (Å²) in [6.07, 6.45) is 0.312. The van der Waals surface area contributed by atoms with Crippen LogP contribution in [-0.4, -0.2) is 39.5 Å². The fraction of sp³-hybridized carbons (Fsp3) is 1.00. The Hall–Kier alpha value is 0.571. The molecule has 0 radical (unpaired) electrons. The Labute approximate surface area is 96.8 Å². The van der Waals surface area contributed by atoms with Crippen LogP contribution in [0, 0.1) is 0 Å². The summed E-state index contributed by atoms with van der Waals surface area (Å²) in [6.45, 7) is 16.6. The van der Waals surface area contributed by atoms with Crippen LogP contribution in [0.15, 0.2) is 0 Å². The van der Waals surface area contributed by atoms with Crippen LogP contribution in [0.5, 0.6) is 0 Å². The topological polar surface area (TPSA) is 29.5 Å². The van der Waals surface area contributed by atoms with Crippen LogP contribution < -0.4 is 0 Å². The van der Waals surface area contributed by atoms with Crippen molar-refractivity contribution in [2.75, 3.05) is 6.23 Å². The van der Waals surface area contributed by atoms with Gasteiger partial charge in [0.25, 0.3) is 0 Å². The van der Waals surface area contributed by atoms with E-state index in [4.69, 9.17) is 4.43 Å². The number of aliphatic hydroxyl groups is 1. The van der Waals surface area contributed by atoms with Gasteiger partial charge in [-0.2, -0.15) is 0 Å². The van der Waals surface area contributed by atoms with Gasteiger partial charge in [-0.1, -0.05) is 26.2 Å². The minimum Gasteiger partial charge on any atom is -0.413 e. The van der Waals surface area contributed by atoms with Crippen molar-refractivity contribution in [1.82, 2.24) is 0 Å². The molecular formula is C10H26O2Si3. The molecule has 1 aliphatic heterocycles. The number of hydrogen-bond donors (Lipinski definition) is 1. The molecule has 1 N–H and O–H groups in total. The first kappa shape index (κ1) is 13.6. The molecule has 1 rings (SSSR count). The lowest BCUT2D eigenvalue weighted by atomic mass is 10.2. The minimum atomic E-state index is -1.85. The average Bonchev–Trinajstić information content (AvgIpc) is 1.98. The van der Waals surface area contributed by atoms with E-state index in [1.165, 1.54) is 6.04 Å². The van der Waals surface area contributed by atoms with Crippen LogP contribution in [0.3, 0.4) is 0 Å². The molecule has 1 saturated heterocycles. The molecule has 0 aromatic heterocycles. The van der Waals surface area contributed by atoms with Crippen LogP contribution in [0.25, 0.3) is 0 Å². The highest BCUT2D eigenvalue weighted by molar-refractivity contribution is 7.67. The van der Waals surface area contributed by atoms with Crippen molar-refractivity contribution in [3.8, 4) is 0 Å². The molecule has 1 aliphatic rings. The lowest BCUT2D eigenvalue weighted by molar-refractivity contribution is 0.111. The number of aliphatic hydroxyl groups excluding tert-OH is 1. The van der Waals surface area contributed by atoms with E-state index in [1.54, 1.807) is 0 Å². The van der Waals surface area contributed by atoms with Crippen molar-refractivity contribution in [1.29, 1.82) is 0 Å². The lowest BCUT2D eigenvalue weighted by Crippen LogP contribution is -2.80. The Kier molecular flexibility index (Phi) is 3.21. The molecule has 0 aliphatic carbocycles. The minimum absolute atomic E-state index is 0.00193. The molecule has 0 aromatic rings. The molecule has 0 bridgehead atoms. The average molecular weight is 263 g/mol. The van der Waals surface area contributed by atoms with Crippen LogP contribution in [0.4, 0.5) is 0 Å². The zero-order valence-electron chi connectivity index (χ0n) is 11.3. The molecule has 90 valence electrons. The van der Waals surface area contributed by atoms with E-state index in [2.05, 4.69) is 46.6 Å². The van der Waals surface area contributed by atoms with Crippen molar-refractivity contribution in [3.63, 3.8) is 0 Å². The van der Waals surface area contributed by atoms with Gasteiger partial charge in [-0.25, -0.2) is 0 Å². The summed E-state index contributed by atoms with van der Waals surface area (Å²) in [5.41, 5.74) is 0.00193. The van der Waals surface area contributed by atoms with Gasteiger partial charge in [0.1, 0.15) is 0 Å². The smallest absolute Gasteiger partial charge is 0.199 e. The maximum atomic E-state index is 9.74. The molecule has 0 amide bonds. The fourth-order valence-electron chi connectivity index (χ4n) is 3.00. The Morgan fingerprint density at radius 2 is 1.60 bits per heavy atom. The van der Waals surface area contributed by atoms with E-state index in [1.807, 2.05) is 0 Å². The van der Waals surface area contributed by atoms with Gasteiger partial charge in [0.2, 0.25) is 0 Å². The first-order valence-electron chi connectivity index (χ1n) is 5.79. The first-order valence-corrected chi connectivity index (χ1v) is 16.6. The summed E-state index contributed by atoms with van der Waals surface area (Å²) in [5, 5.41) is 9.74. The highest BCUT2D eigenvalue weighted by Gasteiger charge is 2.62. The maximum absolute atomic E-state index is 9.74. The molecule has 0 aromatic carbocycles. The Balaban J connectivity index is 3.18. The quantitative estimate of drug-likeness (QED) is 0.736. The normalized spacial score (nSPS) is 37.6. The maximum Gasteiger partial charge on any atom is 0.199 e. The summed E-state index contributed by atoms with van der Waals surface area (Å²) in [5.74, 6) is 0. The second kappa shape index (κ2) is 3.53. The van der Waals surface area contributed by atoms with E-state index >= 15 is 0 Å². The molecular weight excluding hydrogens is 236 g/mol. The van der Waals surface area contributed by atoms with Crippen LogP contribution in [0.2, 0.25) is 38.8 Å². The van der Waals surface area contributed by atoms with E-state index in [0.717, 1.165) is 0 Å². The second-order valence-electron chi connectivity index (χ2n) is 6.94. The van der Waals surface area contributed by atoms with Gasteiger partial charge in [0.05, 0.1) is 13.3 Å². The zero-order chi connectivity index (χ0) is 12.1. The predicted molar refractivity (Wildman–Crippen MR) is 73.6 cm³/mol. The van der Waals surface area contributed by atoms with Gasteiger partial charge in [0, 0.05) is 13.2 Å². The highest BCUT2D eigenvalue weighted by atomic mass is 29.6. The summed E-state index contributed by atoms with van der Waals surface area (Å²) in [6, 6.07) is 1.25. The zero-order valence-corrected chi connectivity index (χ0v) is 14.3. The van der Waals surface area contributed by atoms with Crippen molar-refractivity contribution in [3.05, 3.63) is 0 Å². The lowest BCUT2D eigenvalue weighted by Gasteiger charge is -2.58. The van der Waals surface area contributed by atoms with Crippen molar-refractivity contribution in [2.45, 2.75) is 58.2 Å². The van der Waals surface area contributed by atoms with E-state index in [0.29, 0.717) is 6.23 Å². The standard InChI is InChI=1S/C10H26O2Si3/c1-10(2)8-13(3,4)14(5,6)15(7,9-11)12-10/h11H,8-9H2,1-7H3. The summed E-state index contributed by atoms with van der Waals surface area (Å²) in [7, 11) is -4.40. The monoisotopic (exact) mass is 262 g/mol. The SMILES string of the molecule is CC1(C)C[Si](C)(C)[Si](C)(C)[Si](C)(CO)O1. The highest BCUT2D eigenvalue weighted by Crippen LogP contribution is 2.43. The molecule has 2 nitrogen and oxygen atoms in total. The van der Waals surface area contributed by atoms with Gasteiger partial charge in [-0.05, 0) is 26.4 Å². The number of hydrogen-bond acceptors (Lipinski definition) is 2. The van der Waals surface area contributed by atoms with Crippen LogP contribution >= 0.6 is 0 Å². The Morgan fingerprint density at radius 1 is 1.13 bits per heavy atom. The van der Waals surface area contributed by atoms with Gasteiger partial charge in [-0.15, -0.1) is 0 Å². The molecule has 0 saturated carbocycles. The number of rotatable bonds is 1. The third-order valence-electron chi connectivity index (χ3n) is 4.68. The molecule has 15 heavy (non-hydrogen) atoms. The molecule has 1 heterocycles. The summed E-state index contributed by atoms with van der Waals surface area (Å²) < 4.78 is 6.35. The largest absolute Gasteiger partial charge is 0.413 e. The van der Waals surface area contributed by atoms with Crippen LogP contribution in [0.1, 0.15) is 13.8 Å². The molecule has 1 atom stereocenters. The Bertz CT molecular complexity index is 263. The molecule has 1 unspecified atom stereocenters. The summed E-state index contributed by atoms with van der Waals surface area (Å²) in [4.78, 5) is 0.